The van der Waals surface area contributed by atoms with Gasteiger partial charge in [0.2, 0.25) is 0 Å². The van der Waals surface area contributed by atoms with Gasteiger partial charge >= 0.3 is 0 Å². The zero-order chi connectivity index (χ0) is 17.6. The van der Waals surface area contributed by atoms with Crippen molar-refractivity contribution in [3.63, 3.8) is 0 Å². The largest absolute Gasteiger partial charge is 0.395 e. The van der Waals surface area contributed by atoms with Gasteiger partial charge in [0.1, 0.15) is 0 Å². The first-order chi connectivity index (χ1) is 11.4. The Labute approximate surface area is 144 Å². The van der Waals surface area contributed by atoms with E-state index >= 15 is 0 Å². The van der Waals surface area contributed by atoms with Crippen molar-refractivity contribution in [3.05, 3.63) is 47.6 Å². The lowest BCUT2D eigenvalue weighted by atomic mass is 9.77. The van der Waals surface area contributed by atoms with Gasteiger partial charge in [0.05, 0.1) is 13.2 Å². The molecule has 24 heavy (non-hydrogen) atoms. The maximum Gasteiger partial charge on any atom is 0.156 e. The molecule has 0 bridgehead atoms. The summed E-state index contributed by atoms with van der Waals surface area (Å²) >= 11 is 0. The quantitative estimate of drug-likeness (QED) is 0.807. The van der Waals surface area contributed by atoms with Gasteiger partial charge in [0.15, 0.2) is 5.78 Å². The molecule has 2 rings (SSSR count). The summed E-state index contributed by atoms with van der Waals surface area (Å²) in [6.45, 7) is 5.35. The van der Waals surface area contributed by atoms with E-state index in [4.69, 9.17) is 10.2 Å². The molecule has 0 spiro atoms. The smallest absolute Gasteiger partial charge is 0.156 e. The molecule has 2 N–H and O–H groups in total. The van der Waals surface area contributed by atoms with Crippen LogP contribution in [0, 0.1) is 5.41 Å². The van der Waals surface area contributed by atoms with Crippen molar-refractivity contribution in [3.8, 4) is 0 Å². The lowest BCUT2D eigenvalue weighted by Gasteiger charge is -2.27. The summed E-state index contributed by atoms with van der Waals surface area (Å²) in [4.78, 5) is 13.7. The van der Waals surface area contributed by atoms with Crippen molar-refractivity contribution < 1.29 is 15.0 Å². The zero-order valence-corrected chi connectivity index (χ0v) is 14.5. The second-order valence-electron chi connectivity index (χ2n) is 7.06. The predicted octanol–water partition coefficient (Wildman–Crippen LogP) is 2.81. The Kier molecular flexibility index (Phi) is 6.35. The highest BCUT2D eigenvalue weighted by Gasteiger charge is 2.26. The molecule has 0 fully saturated rings. The van der Waals surface area contributed by atoms with E-state index < -0.39 is 0 Å². The van der Waals surface area contributed by atoms with Crippen LogP contribution in [-0.4, -0.2) is 42.3 Å². The van der Waals surface area contributed by atoms with Gasteiger partial charge in [-0.1, -0.05) is 38.1 Å². The molecule has 0 saturated carbocycles. The summed E-state index contributed by atoms with van der Waals surface area (Å²) in [7, 11) is 0. The Balaban J connectivity index is 2.07. The van der Waals surface area contributed by atoms with Crippen LogP contribution in [-0.2, 0) is 4.79 Å². The molecule has 4 nitrogen and oxygen atoms in total. The maximum atomic E-state index is 11.8. The third-order valence-electron chi connectivity index (χ3n) is 4.17. The number of carbonyl (C=O) groups excluding carboxylic acids is 1. The summed E-state index contributed by atoms with van der Waals surface area (Å²) in [6.07, 6.45) is 7.32. The Bertz CT molecular complexity index is 608. The summed E-state index contributed by atoms with van der Waals surface area (Å²) in [5.74, 6) is 0.199. The van der Waals surface area contributed by atoms with E-state index in [9.17, 15) is 4.79 Å². The van der Waals surface area contributed by atoms with Crippen LogP contribution in [0.4, 0.5) is 5.69 Å². The lowest BCUT2D eigenvalue weighted by molar-refractivity contribution is -0.116. The van der Waals surface area contributed by atoms with Crippen LogP contribution in [0.25, 0.3) is 6.08 Å². The highest BCUT2D eigenvalue weighted by atomic mass is 16.3. The summed E-state index contributed by atoms with van der Waals surface area (Å²) in [5.41, 5.74) is 3.14. The average molecular weight is 329 g/mol. The molecule has 0 unspecified atom stereocenters. The van der Waals surface area contributed by atoms with E-state index in [0.717, 1.165) is 23.2 Å². The topological polar surface area (TPSA) is 60.8 Å². The fraction of sp³-hybridized carbons (Fsp3) is 0.450. The standard InChI is InChI=1S/C20H27NO3/c1-20(2)14-17(13-19(24)15-20)4-3-16-5-7-18(8-6-16)21(9-11-22)10-12-23/h3-8,13,22-23H,9-12,14-15H2,1-2H3/b4-3+. The molecule has 0 aliphatic heterocycles. The van der Waals surface area contributed by atoms with E-state index in [1.54, 1.807) is 6.08 Å². The number of aliphatic hydroxyl groups excluding tert-OH is 2. The fourth-order valence-electron chi connectivity index (χ4n) is 3.11. The molecule has 1 aliphatic rings. The molecular weight excluding hydrogens is 302 g/mol. The number of anilines is 1. The van der Waals surface area contributed by atoms with Crippen molar-refractivity contribution in [1.82, 2.24) is 0 Å². The van der Waals surface area contributed by atoms with Gasteiger partial charge in [-0.15, -0.1) is 0 Å². The SMILES string of the molecule is CC1(C)CC(=O)C=C(/C=C/c2ccc(N(CCO)CCO)cc2)C1. The summed E-state index contributed by atoms with van der Waals surface area (Å²) in [6, 6.07) is 7.97. The molecule has 0 heterocycles. The van der Waals surface area contributed by atoms with Gasteiger partial charge in [-0.3, -0.25) is 4.79 Å². The third-order valence-corrected chi connectivity index (χ3v) is 4.17. The van der Waals surface area contributed by atoms with Crippen LogP contribution in [0.5, 0.6) is 0 Å². The molecule has 0 amide bonds. The first kappa shape index (κ1) is 18.4. The van der Waals surface area contributed by atoms with Gasteiger partial charge in [0.25, 0.3) is 0 Å². The van der Waals surface area contributed by atoms with Gasteiger partial charge in [-0.05, 0) is 41.2 Å². The van der Waals surface area contributed by atoms with Crippen molar-refractivity contribution >= 4 is 17.5 Å². The number of benzene rings is 1. The molecule has 4 heteroatoms. The second kappa shape index (κ2) is 8.27. The van der Waals surface area contributed by atoms with Crippen molar-refractivity contribution in [2.75, 3.05) is 31.2 Å². The van der Waals surface area contributed by atoms with Gasteiger partial charge in [0, 0.05) is 25.2 Å². The minimum Gasteiger partial charge on any atom is -0.395 e. The molecule has 1 aromatic rings. The maximum absolute atomic E-state index is 11.8. The average Bonchev–Trinajstić information content (AvgIpc) is 2.51. The van der Waals surface area contributed by atoms with E-state index in [-0.39, 0.29) is 24.4 Å². The van der Waals surface area contributed by atoms with Crippen LogP contribution >= 0.6 is 0 Å². The number of rotatable bonds is 7. The number of hydrogen-bond donors (Lipinski definition) is 2. The number of hydrogen-bond acceptors (Lipinski definition) is 4. The van der Waals surface area contributed by atoms with Crippen LogP contribution < -0.4 is 4.90 Å². The van der Waals surface area contributed by atoms with E-state index in [0.29, 0.717) is 19.5 Å². The van der Waals surface area contributed by atoms with E-state index in [1.165, 1.54) is 0 Å². The first-order valence-electron chi connectivity index (χ1n) is 8.42. The molecule has 1 aromatic carbocycles. The predicted molar refractivity (Wildman–Crippen MR) is 98.0 cm³/mol. The van der Waals surface area contributed by atoms with Gasteiger partial charge < -0.3 is 15.1 Å². The molecule has 0 aromatic heterocycles. The second-order valence-corrected chi connectivity index (χ2v) is 7.06. The molecular formula is C20H27NO3. The van der Waals surface area contributed by atoms with Crippen molar-refractivity contribution in [1.29, 1.82) is 0 Å². The Morgan fingerprint density at radius 3 is 2.21 bits per heavy atom. The van der Waals surface area contributed by atoms with Gasteiger partial charge in [-0.25, -0.2) is 0 Å². The van der Waals surface area contributed by atoms with Crippen molar-refractivity contribution in [2.24, 2.45) is 5.41 Å². The Hall–Kier alpha value is -1.91. The number of aliphatic hydroxyl groups is 2. The monoisotopic (exact) mass is 329 g/mol. The fourth-order valence-corrected chi connectivity index (χ4v) is 3.11. The number of allylic oxidation sites excluding steroid dienone is 3. The molecule has 0 saturated heterocycles. The van der Waals surface area contributed by atoms with Gasteiger partial charge in [-0.2, -0.15) is 0 Å². The highest BCUT2D eigenvalue weighted by molar-refractivity contribution is 5.92. The van der Waals surface area contributed by atoms with E-state index in [2.05, 4.69) is 13.8 Å². The van der Waals surface area contributed by atoms with E-state index in [1.807, 2.05) is 41.3 Å². The summed E-state index contributed by atoms with van der Waals surface area (Å²) < 4.78 is 0. The molecule has 0 atom stereocenters. The first-order valence-corrected chi connectivity index (χ1v) is 8.42. The molecule has 1 aliphatic carbocycles. The van der Waals surface area contributed by atoms with Crippen LogP contribution in [0.2, 0.25) is 0 Å². The normalized spacial score (nSPS) is 17.2. The molecule has 130 valence electrons. The van der Waals surface area contributed by atoms with Crippen LogP contribution in [0.15, 0.2) is 42.0 Å². The van der Waals surface area contributed by atoms with Crippen LogP contribution in [0.1, 0.15) is 32.3 Å². The zero-order valence-electron chi connectivity index (χ0n) is 14.5. The summed E-state index contributed by atoms with van der Waals surface area (Å²) in [5, 5.41) is 18.2. The third kappa shape index (κ3) is 5.32. The minimum absolute atomic E-state index is 0.0322. The minimum atomic E-state index is 0.0322. The van der Waals surface area contributed by atoms with Crippen molar-refractivity contribution in [2.45, 2.75) is 26.7 Å². The van der Waals surface area contributed by atoms with Crippen LogP contribution in [0.3, 0.4) is 0 Å². The number of nitrogens with zero attached hydrogens (tertiary/aromatic N) is 1. The Morgan fingerprint density at radius 1 is 1.04 bits per heavy atom. The Morgan fingerprint density at radius 2 is 1.67 bits per heavy atom. The number of ketones is 1. The molecule has 0 radical (unpaired) electrons. The number of carbonyl (C=O) groups is 1. The lowest BCUT2D eigenvalue weighted by Crippen LogP contribution is -2.29. The highest BCUT2D eigenvalue weighted by Crippen LogP contribution is 2.34.